The van der Waals surface area contributed by atoms with Gasteiger partial charge in [0.25, 0.3) is 0 Å². The molecule has 0 amide bonds. The number of ketones is 1. The van der Waals surface area contributed by atoms with Crippen LogP contribution in [0.25, 0.3) is 10.8 Å². The van der Waals surface area contributed by atoms with Crippen LogP contribution in [0.2, 0.25) is 0 Å². The van der Waals surface area contributed by atoms with E-state index in [1.807, 2.05) is 49.4 Å². The van der Waals surface area contributed by atoms with Crippen LogP contribution in [0.1, 0.15) is 21.5 Å². The van der Waals surface area contributed by atoms with Crippen LogP contribution >= 0.6 is 15.9 Å². The van der Waals surface area contributed by atoms with Crippen molar-refractivity contribution in [2.24, 2.45) is 0 Å². The highest BCUT2D eigenvalue weighted by Gasteiger charge is 2.17. The summed E-state index contributed by atoms with van der Waals surface area (Å²) in [4.78, 5) is 13.0. The molecule has 3 rings (SSSR count). The van der Waals surface area contributed by atoms with Gasteiger partial charge >= 0.3 is 0 Å². The SMILES string of the molecule is Cc1ccc2ccccc2c1C(=O)c1cc(N)ccc1Br. The van der Waals surface area contributed by atoms with Gasteiger partial charge in [-0.1, -0.05) is 52.3 Å². The van der Waals surface area contributed by atoms with E-state index >= 15 is 0 Å². The zero-order valence-corrected chi connectivity index (χ0v) is 13.1. The van der Waals surface area contributed by atoms with E-state index in [1.54, 1.807) is 12.1 Å². The Morgan fingerprint density at radius 2 is 1.81 bits per heavy atom. The largest absolute Gasteiger partial charge is 0.399 e. The molecule has 0 aliphatic carbocycles. The first kappa shape index (κ1) is 13.8. The normalized spacial score (nSPS) is 10.8. The first-order valence-corrected chi connectivity index (χ1v) is 7.45. The van der Waals surface area contributed by atoms with Crippen LogP contribution in [0.5, 0.6) is 0 Å². The standard InChI is InChI=1S/C18H14BrNO/c1-11-6-7-12-4-2-3-5-14(12)17(11)18(21)15-10-13(20)8-9-16(15)19/h2-10H,20H2,1H3. The molecule has 0 aromatic heterocycles. The zero-order chi connectivity index (χ0) is 15.0. The first-order chi connectivity index (χ1) is 10.1. The molecule has 0 aliphatic heterocycles. The maximum Gasteiger partial charge on any atom is 0.195 e. The molecule has 0 aliphatic rings. The highest BCUT2D eigenvalue weighted by molar-refractivity contribution is 9.10. The van der Waals surface area contributed by atoms with Crippen LogP contribution in [0.4, 0.5) is 5.69 Å². The topological polar surface area (TPSA) is 43.1 Å². The molecule has 3 aromatic rings. The Hall–Kier alpha value is -2.13. The number of hydrogen-bond donors (Lipinski definition) is 1. The van der Waals surface area contributed by atoms with Crippen molar-refractivity contribution in [1.82, 2.24) is 0 Å². The lowest BCUT2D eigenvalue weighted by atomic mass is 9.93. The van der Waals surface area contributed by atoms with Gasteiger partial charge in [0.2, 0.25) is 0 Å². The average Bonchev–Trinajstić information content (AvgIpc) is 2.49. The van der Waals surface area contributed by atoms with E-state index in [0.29, 0.717) is 11.3 Å². The van der Waals surface area contributed by atoms with Crippen molar-refractivity contribution in [1.29, 1.82) is 0 Å². The molecule has 0 saturated heterocycles. The Kier molecular flexibility index (Phi) is 3.52. The predicted molar refractivity (Wildman–Crippen MR) is 90.7 cm³/mol. The van der Waals surface area contributed by atoms with Crippen molar-refractivity contribution in [2.75, 3.05) is 5.73 Å². The number of halogens is 1. The Bertz CT molecular complexity index is 855. The molecule has 0 atom stereocenters. The molecule has 2 nitrogen and oxygen atoms in total. The maximum absolute atomic E-state index is 13.0. The minimum atomic E-state index is -0.0107. The fourth-order valence-corrected chi connectivity index (χ4v) is 2.96. The molecular formula is C18H14BrNO. The van der Waals surface area contributed by atoms with Gasteiger partial charge in [0.1, 0.15) is 0 Å². The summed E-state index contributed by atoms with van der Waals surface area (Å²) in [5.74, 6) is -0.0107. The summed E-state index contributed by atoms with van der Waals surface area (Å²) >= 11 is 3.44. The quantitative estimate of drug-likeness (QED) is 0.542. The van der Waals surface area contributed by atoms with Crippen LogP contribution in [-0.4, -0.2) is 5.78 Å². The summed E-state index contributed by atoms with van der Waals surface area (Å²) in [6.07, 6.45) is 0. The molecular weight excluding hydrogens is 326 g/mol. The summed E-state index contributed by atoms with van der Waals surface area (Å²) in [6.45, 7) is 1.96. The van der Waals surface area contributed by atoms with E-state index in [-0.39, 0.29) is 5.78 Å². The number of carbonyl (C=O) groups excluding carboxylic acids is 1. The fraction of sp³-hybridized carbons (Fsp3) is 0.0556. The molecule has 2 N–H and O–H groups in total. The predicted octanol–water partition coefficient (Wildman–Crippen LogP) is 4.72. The summed E-state index contributed by atoms with van der Waals surface area (Å²) in [5, 5.41) is 2.03. The third-order valence-corrected chi connectivity index (χ3v) is 4.29. The van der Waals surface area contributed by atoms with Crippen molar-refractivity contribution >= 4 is 38.2 Å². The molecule has 21 heavy (non-hydrogen) atoms. The van der Waals surface area contributed by atoms with Gasteiger partial charge in [-0.25, -0.2) is 0 Å². The van der Waals surface area contributed by atoms with Crippen LogP contribution in [0.15, 0.2) is 59.1 Å². The number of aryl methyl sites for hydroxylation is 1. The third-order valence-electron chi connectivity index (χ3n) is 3.60. The minimum Gasteiger partial charge on any atom is -0.399 e. The van der Waals surface area contributed by atoms with E-state index in [1.165, 1.54) is 0 Å². The lowest BCUT2D eigenvalue weighted by Crippen LogP contribution is -2.06. The summed E-state index contributed by atoms with van der Waals surface area (Å²) in [6, 6.07) is 17.2. The highest BCUT2D eigenvalue weighted by atomic mass is 79.9. The molecule has 0 saturated carbocycles. The molecule has 0 radical (unpaired) electrons. The van der Waals surface area contributed by atoms with Gasteiger partial charge in [-0.2, -0.15) is 0 Å². The lowest BCUT2D eigenvalue weighted by molar-refractivity contribution is 0.103. The second-order valence-electron chi connectivity index (χ2n) is 5.05. The van der Waals surface area contributed by atoms with Gasteiger partial charge in [0, 0.05) is 21.3 Å². The second-order valence-corrected chi connectivity index (χ2v) is 5.90. The number of benzene rings is 3. The van der Waals surface area contributed by atoms with Crippen LogP contribution < -0.4 is 5.73 Å². The summed E-state index contributed by atoms with van der Waals surface area (Å²) in [5.41, 5.74) is 8.70. The molecule has 0 unspecified atom stereocenters. The summed E-state index contributed by atoms with van der Waals surface area (Å²) in [7, 11) is 0. The van der Waals surface area contributed by atoms with Crippen molar-refractivity contribution in [3.8, 4) is 0 Å². The molecule has 3 aromatic carbocycles. The minimum absolute atomic E-state index is 0.0107. The van der Waals surface area contributed by atoms with Crippen LogP contribution in [0.3, 0.4) is 0 Å². The smallest absolute Gasteiger partial charge is 0.195 e. The Morgan fingerprint density at radius 1 is 1.05 bits per heavy atom. The molecule has 0 fully saturated rings. The van der Waals surface area contributed by atoms with Crippen molar-refractivity contribution in [3.63, 3.8) is 0 Å². The summed E-state index contributed by atoms with van der Waals surface area (Å²) < 4.78 is 0.758. The molecule has 104 valence electrons. The van der Waals surface area contributed by atoms with E-state index in [4.69, 9.17) is 5.73 Å². The van der Waals surface area contributed by atoms with E-state index < -0.39 is 0 Å². The Morgan fingerprint density at radius 3 is 2.62 bits per heavy atom. The Labute approximate surface area is 131 Å². The number of nitrogens with two attached hydrogens (primary N) is 1. The molecule has 0 bridgehead atoms. The van der Waals surface area contributed by atoms with Crippen molar-refractivity contribution < 1.29 is 4.79 Å². The van der Waals surface area contributed by atoms with Gasteiger partial charge in [-0.15, -0.1) is 0 Å². The number of nitrogen functional groups attached to an aromatic ring is 1. The second kappa shape index (κ2) is 5.34. The average molecular weight is 340 g/mol. The van der Waals surface area contributed by atoms with Gasteiger partial charge < -0.3 is 5.73 Å². The maximum atomic E-state index is 13.0. The number of hydrogen-bond acceptors (Lipinski definition) is 2. The number of fused-ring (bicyclic) bond motifs is 1. The lowest BCUT2D eigenvalue weighted by Gasteiger charge is -2.11. The third kappa shape index (κ3) is 2.45. The molecule has 0 spiro atoms. The van der Waals surface area contributed by atoms with Gasteiger partial charge in [-0.05, 0) is 41.5 Å². The van der Waals surface area contributed by atoms with Crippen molar-refractivity contribution in [3.05, 3.63) is 75.8 Å². The monoisotopic (exact) mass is 339 g/mol. The van der Waals surface area contributed by atoms with E-state index in [2.05, 4.69) is 15.9 Å². The number of carbonyl (C=O) groups is 1. The fourth-order valence-electron chi connectivity index (χ4n) is 2.53. The number of rotatable bonds is 2. The Balaban J connectivity index is 2.27. The van der Waals surface area contributed by atoms with Gasteiger partial charge in [0.05, 0.1) is 0 Å². The highest BCUT2D eigenvalue weighted by Crippen LogP contribution is 2.28. The molecule has 3 heteroatoms. The van der Waals surface area contributed by atoms with Gasteiger partial charge in [0.15, 0.2) is 5.78 Å². The molecule has 0 heterocycles. The first-order valence-electron chi connectivity index (χ1n) is 6.66. The van der Waals surface area contributed by atoms with E-state index in [0.717, 1.165) is 26.4 Å². The van der Waals surface area contributed by atoms with Crippen molar-refractivity contribution in [2.45, 2.75) is 6.92 Å². The van der Waals surface area contributed by atoms with Crippen LogP contribution in [-0.2, 0) is 0 Å². The van der Waals surface area contributed by atoms with Gasteiger partial charge in [-0.3, -0.25) is 4.79 Å². The van der Waals surface area contributed by atoms with E-state index in [9.17, 15) is 4.79 Å². The van der Waals surface area contributed by atoms with Crippen LogP contribution in [0, 0.1) is 6.92 Å². The zero-order valence-electron chi connectivity index (χ0n) is 11.6. The number of anilines is 1.